The van der Waals surface area contributed by atoms with Crippen LogP contribution in [0.1, 0.15) is 38.2 Å². The Bertz CT molecular complexity index is 417. The van der Waals surface area contributed by atoms with Crippen molar-refractivity contribution in [3.63, 3.8) is 0 Å². The number of fused-ring (bicyclic) bond motifs is 1. The van der Waals surface area contributed by atoms with Crippen LogP contribution >= 0.6 is 0 Å². The van der Waals surface area contributed by atoms with Crippen molar-refractivity contribution in [3.8, 4) is 0 Å². The highest BCUT2D eigenvalue weighted by atomic mass is 16.2. The molecule has 18 heavy (non-hydrogen) atoms. The van der Waals surface area contributed by atoms with Gasteiger partial charge in [-0.3, -0.25) is 4.79 Å². The average Bonchev–Trinajstić information content (AvgIpc) is 2.60. The summed E-state index contributed by atoms with van der Waals surface area (Å²) in [7, 11) is 0. The molecule has 0 aromatic heterocycles. The quantitative estimate of drug-likeness (QED) is 0.890. The van der Waals surface area contributed by atoms with Gasteiger partial charge in [0.1, 0.15) is 0 Å². The molecule has 0 saturated carbocycles. The zero-order valence-corrected chi connectivity index (χ0v) is 11.1. The van der Waals surface area contributed by atoms with Crippen LogP contribution in [0.15, 0.2) is 24.3 Å². The molecule has 98 valence electrons. The van der Waals surface area contributed by atoms with Gasteiger partial charge in [0, 0.05) is 12.2 Å². The van der Waals surface area contributed by atoms with Gasteiger partial charge in [-0.05, 0) is 37.3 Å². The molecule has 0 bridgehead atoms. The smallest absolute Gasteiger partial charge is 0.243 e. The lowest BCUT2D eigenvalue weighted by atomic mass is 10.1. The summed E-state index contributed by atoms with van der Waals surface area (Å²) in [5.74, 6) is 0.0752. The Labute approximate surface area is 109 Å². The van der Waals surface area contributed by atoms with Crippen molar-refractivity contribution in [1.29, 1.82) is 0 Å². The second-order valence-corrected chi connectivity index (χ2v) is 4.97. The number of hydrogen-bond donors (Lipinski definition) is 1. The Balaban J connectivity index is 2.24. The van der Waals surface area contributed by atoms with Crippen molar-refractivity contribution in [2.24, 2.45) is 5.73 Å². The molecule has 3 nitrogen and oxygen atoms in total. The summed E-state index contributed by atoms with van der Waals surface area (Å²) in [6, 6.07) is 7.83. The molecule has 1 aromatic rings. The van der Waals surface area contributed by atoms with E-state index in [1.54, 1.807) is 0 Å². The Morgan fingerprint density at radius 3 is 2.94 bits per heavy atom. The molecule has 1 heterocycles. The van der Waals surface area contributed by atoms with Crippen LogP contribution < -0.4 is 10.6 Å². The van der Waals surface area contributed by atoms with Crippen molar-refractivity contribution >= 4 is 11.6 Å². The van der Waals surface area contributed by atoms with E-state index >= 15 is 0 Å². The SMILES string of the molecule is CCCC(N)C(=O)N1CCCCc2ccccc21. The molecule has 1 aliphatic rings. The lowest BCUT2D eigenvalue weighted by Crippen LogP contribution is -2.44. The number of anilines is 1. The zero-order chi connectivity index (χ0) is 13.0. The van der Waals surface area contributed by atoms with E-state index < -0.39 is 0 Å². The van der Waals surface area contributed by atoms with Crippen molar-refractivity contribution < 1.29 is 4.79 Å². The molecule has 1 atom stereocenters. The van der Waals surface area contributed by atoms with Gasteiger partial charge in [0.25, 0.3) is 0 Å². The summed E-state index contributed by atoms with van der Waals surface area (Å²) >= 11 is 0. The molecule has 2 N–H and O–H groups in total. The number of nitrogens with zero attached hydrogens (tertiary/aromatic N) is 1. The van der Waals surface area contributed by atoms with Crippen LogP contribution in [0.5, 0.6) is 0 Å². The topological polar surface area (TPSA) is 46.3 Å². The Kier molecular flexibility index (Phi) is 4.37. The molecule has 0 aliphatic carbocycles. The number of aryl methyl sites for hydroxylation is 1. The monoisotopic (exact) mass is 246 g/mol. The summed E-state index contributed by atoms with van der Waals surface area (Å²) in [5.41, 5.74) is 8.31. The van der Waals surface area contributed by atoms with Gasteiger partial charge in [-0.1, -0.05) is 31.5 Å². The Morgan fingerprint density at radius 1 is 1.39 bits per heavy atom. The first-order valence-electron chi connectivity index (χ1n) is 6.89. The van der Waals surface area contributed by atoms with E-state index in [9.17, 15) is 4.79 Å². The van der Waals surface area contributed by atoms with Crippen LogP contribution in [0, 0.1) is 0 Å². The molecule has 1 aliphatic heterocycles. The lowest BCUT2D eigenvalue weighted by molar-refractivity contribution is -0.120. The fourth-order valence-electron chi connectivity index (χ4n) is 2.55. The third kappa shape index (κ3) is 2.72. The molecule has 0 fully saturated rings. The van der Waals surface area contributed by atoms with Gasteiger partial charge in [-0.15, -0.1) is 0 Å². The Hall–Kier alpha value is -1.35. The van der Waals surface area contributed by atoms with Crippen LogP contribution in [-0.2, 0) is 11.2 Å². The van der Waals surface area contributed by atoms with Crippen LogP contribution in [0.4, 0.5) is 5.69 Å². The van der Waals surface area contributed by atoms with Gasteiger partial charge in [0.05, 0.1) is 6.04 Å². The fourth-order valence-corrected chi connectivity index (χ4v) is 2.55. The van der Waals surface area contributed by atoms with Crippen LogP contribution in [0.25, 0.3) is 0 Å². The van der Waals surface area contributed by atoms with Gasteiger partial charge < -0.3 is 10.6 Å². The number of para-hydroxylation sites is 1. The zero-order valence-electron chi connectivity index (χ0n) is 11.1. The highest BCUT2D eigenvalue weighted by Gasteiger charge is 2.24. The van der Waals surface area contributed by atoms with Crippen molar-refractivity contribution in [2.75, 3.05) is 11.4 Å². The summed E-state index contributed by atoms with van der Waals surface area (Å²) in [5, 5.41) is 0. The summed E-state index contributed by atoms with van der Waals surface area (Å²) in [6.07, 6.45) is 4.96. The van der Waals surface area contributed by atoms with E-state index in [0.717, 1.165) is 44.3 Å². The highest BCUT2D eigenvalue weighted by Crippen LogP contribution is 2.26. The first kappa shape index (κ1) is 13.1. The van der Waals surface area contributed by atoms with Crippen molar-refractivity contribution in [2.45, 2.75) is 45.1 Å². The van der Waals surface area contributed by atoms with Crippen LogP contribution in [-0.4, -0.2) is 18.5 Å². The van der Waals surface area contributed by atoms with Gasteiger partial charge in [-0.2, -0.15) is 0 Å². The maximum absolute atomic E-state index is 12.4. The molecule has 3 heteroatoms. The number of hydrogen-bond acceptors (Lipinski definition) is 2. The third-order valence-electron chi connectivity index (χ3n) is 3.54. The molecular weight excluding hydrogens is 224 g/mol. The second-order valence-electron chi connectivity index (χ2n) is 4.97. The predicted molar refractivity (Wildman–Crippen MR) is 74.6 cm³/mol. The number of benzene rings is 1. The molecular formula is C15H22N2O. The summed E-state index contributed by atoms with van der Waals surface area (Å²) < 4.78 is 0. The molecule has 0 radical (unpaired) electrons. The standard InChI is InChI=1S/C15H22N2O/c1-2-7-13(16)15(18)17-11-6-5-9-12-8-3-4-10-14(12)17/h3-4,8,10,13H,2,5-7,9,11,16H2,1H3. The van der Waals surface area contributed by atoms with E-state index in [2.05, 4.69) is 13.0 Å². The minimum Gasteiger partial charge on any atom is -0.320 e. The first-order chi connectivity index (χ1) is 8.74. The van der Waals surface area contributed by atoms with Gasteiger partial charge >= 0.3 is 0 Å². The normalized spacial score (nSPS) is 16.9. The Morgan fingerprint density at radius 2 is 2.17 bits per heavy atom. The molecule has 0 spiro atoms. The minimum absolute atomic E-state index is 0.0752. The van der Waals surface area contributed by atoms with E-state index in [1.807, 2.05) is 23.1 Å². The molecule has 1 amide bonds. The molecule has 0 saturated heterocycles. The number of carbonyl (C=O) groups is 1. The van der Waals surface area contributed by atoms with E-state index in [1.165, 1.54) is 5.56 Å². The second kappa shape index (κ2) is 6.01. The van der Waals surface area contributed by atoms with E-state index in [4.69, 9.17) is 5.73 Å². The molecule has 1 aromatic carbocycles. The van der Waals surface area contributed by atoms with Gasteiger partial charge in [0.2, 0.25) is 5.91 Å². The number of amides is 1. The molecule has 2 rings (SSSR count). The number of nitrogens with two attached hydrogens (primary N) is 1. The maximum Gasteiger partial charge on any atom is 0.243 e. The maximum atomic E-state index is 12.4. The van der Waals surface area contributed by atoms with Crippen LogP contribution in [0.2, 0.25) is 0 Å². The molecule has 1 unspecified atom stereocenters. The fraction of sp³-hybridized carbons (Fsp3) is 0.533. The average molecular weight is 246 g/mol. The minimum atomic E-state index is -0.360. The third-order valence-corrected chi connectivity index (χ3v) is 3.54. The highest BCUT2D eigenvalue weighted by molar-refractivity contribution is 5.97. The summed E-state index contributed by atoms with van der Waals surface area (Å²) in [4.78, 5) is 14.3. The lowest BCUT2D eigenvalue weighted by Gasteiger charge is -2.25. The number of carbonyl (C=O) groups excluding carboxylic acids is 1. The van der Waals surface area contributed by atoms with Crippen LogP contribution in [0.3, 0.4) is 0 Å². The van der Waals surface area contributed by atoms with E-state index in [0.29, 0.717) is 0 Å². The first-order valence-corrected chi connectivity index (χ1v) is 6.89. The van der Waals surface area contributed by atoms with Crippen molar-refractivity contribution in [3.05, 3.63) is 29.8 Å². The number of rotatable bonds is 3. The summed E-state index contributed by atoms with van der Waals surface area (Å²) in [6.45, 7) is 2.86. The predicted octanol–water partition coefficient (Wildman–Crippen LogP) is 2.48. The van der Waals surface area contributed by atoms with Crippen molar-refractivity contribution in [1.82, 2.24) is 0 Å². The van der Waals surface area contributed by atoms with Gasteiger partial charge in [-0.25, -0.2) is 0 Å². The van der Waals surface area contributed by atoms with E-state index in [-0.39, 0.29) is 11.9 Å². The largest absolute Gasteiger partial charge is 0.320 e. The van der Waals surface area contributed by atoms with Gasteiger partial charge in [0.15, 0.2) is 0 Å².